The van der Waals surface area contributed by atoms with Gasteiger partial charge in [0.05, 0.1) is 11.9 Å². The maximum atomic E-state index is 12.1. The predicted octanol–water partition coefficient (Wildman–Crippen LogP) is 0.507. The van der Waals surface area contributed by atoms with Crippen molar-refractivity contribution >= 4 is 11.7 Å². The summed E-state index contributed by atoms with van der Waals surface area (Å²) >= 11 is 0. The van der Waals surface area contributed by atoms with Crippen LogP contribution in [-0.2, 0) is 11.2 Å². The molecule has 1 fully saturated rings. The van der Waals surface area contributed by atoms with Crippen LogP contribution in [0.3, 0.4) is 0 Å². The normalized spacial score (nSPS) is 20.0. The van der Waals surface area contributed by atoms with Gasteiger partial charge in [-0.05, 0) is 32.3 Å². The lowest BCUT2D eigenvalue weighted by Crippen LogP contribution is -2.45. The largest absolute Gasteiger partial charge is 0.386 e. The van der Waals surface area contributed by atoms with Gasteiger partial charge in [-0.25, -0.2) is 4.98 Å². The summed E-state index contributed by atoms with van der Waals surface area (Å²) in [6, 6.07) is 0. The first-order valence-corrected chi connectivity index (χ1v) is 8.47. The van der Waals surface area contributed by atoms with Gasteiger partial charge in [0.25, 0.3) is 0 Å². The molecule has 1 aliphatic rings. The second-order valence-electron chi connectivity index (χ2n) is 6.65. The number of aliphatic hydroxyl groups is 1. The number of anilines is 1. The minimum absolute atomic E-state index is 0.0635. The van der Waals surface area contributed by atoms with Crippen LogP contribution in [0.1, 0.15) is 29.8 Å². The Morgan fingerprint density at radius 1 is 1.44 bits per heavy atom. The third-order valence-corrected chi connectivity index (χ3v) is 4.70. The highest BCUT2D eigenvalue weighted by Crippen LogP contribution is 2.24. The molecule has 3 rings (SSSR count). The van der Waals surface area contributed by atoms with Crippen molar-refractivity contribution in [1.82, 2.24) is 25.5 Å². The number of hydrogen-bond donors (Lipinski definition) is 3. The molecule has 3 N–H and O–H groups in total. The van der Waals surface area contributed by atoms with Crippen LogP contribution in [0.5, 0.6) is 0 Å². The van der Waals surface area contributed by atoms with Crippen molar-refractivity contribution in [3.63, 3.8) is 0 Å². The zero-order valence-electron chi connectivity index (χ0n) is 14.6. The summed E-state index contributed by atoms with van der Waals surface area (Å²) in [6.45, 7) is 5.25. The van der Waals surface area contributed by atoms with Crippen LogP contribution in [0.25, 0.3) is 0 Å². The maximum absolute atomic E-state index is 12.1. The van der Waals surface area contributed by atoms with Gasteiger partial charge in [-0.3, -0.25) is 14.9 Å². The number of nitrogens with zero attached hydrogens (tertiary/aromatic N) is 4. The van der Waals surface area contributed by atoms with Crippen LogP contribution >= 0.6 is 0 Å². The highest BCUT2D eigenvalue weighted by molar-refractivity contribution is 5.76. The number of carbonyl (C=O) groups is 1. The number of nitrogens with one attached hydrogen (secondary N) is 2. The fourth-order valence-corrected chi connectivity index (χ4v) is 3.18. The second-order valence-corrected chi connectivity index (χ2v) is 6.65. The lowest BCUT2D eigenvalue weighted by Gasteiger charge is -2.24. The number of aryl methyl sites for hydroxylation is 2. The minimum Gasteiger partial charge on any atom is -0.386 e. The van der Waals surface area contributed by atoms with Gasteiger partial charge in [0.2, 0.25) is 5.91 Å². The highest BCUT2D eigenvalue weighted by Gasteiger charge is 2.36. The Hall–Kier alpha value is -2.48. The van der Waals surface area contributed by atoms with E-state index in [1.54, 1.807) is 18.6 Å². The zero-order valence-corrected chi connectivity index (χ0v) is 14.6. The van der Waals surface area contributed by atoms with E-state index in [1.807, 2.05) is 18.7 Å². The van der Waals surface area contributed by atoms with Gasteiger partial charge in [-0.15, -0.1) is 0 Å². The van der Waals surface area contributed by atoms with Crippen molar-refractivity contribution in [3.8, 4) is 0 Å². The smallest absolute Gasteiger partial charge is 0.220 e. The van der Waals surface area contributed by atoms with E-state index >= 15 is 0 Å². The molecule has 1 amide bonds. The van der Waals surface area contributed by atoms with Crippen molar-refractivity contribution in [3.05, 3.63) is 35.5 Å². The summed E-state index contributed by atoms with van der Waals surface area (Å²) in [6.07, 6.45) is 6.54. The minimum atomic E-state index is -0.936. The van der Waals surface area contributed by atoms with Gasteiger partial charge in [0.1, 0.15) is 11.4 Å². The fourth-order valence-electron chi connectivity index (χ4n) is 3.18. The van der Waals surface area contributed by atoms with Gasteiger partial charge in [-0.2, -0.15) is 5.10 Å². The first-order chi connectivity index (χ1) is 12.0. The molecule has 134 valence electrons. The van der Waals surface area contributed by atoms with E-state index < -0.39 is 5.60 Å². The van der Waals surface area contributed by atoms with Gasteiger partial charge in [0, 0.05) is 44.1 Å². The topological polar surface area (TPSA) is 107 Å². The third kappa shape index (κ3) is 4.14. The summed E-state index contributed by atoms with van der Waals surface area (Å²) in [5.41, 5.74) is 2.08. The molecule has 0 spiro atoms. The molecule has 25 heavy (non-hydrogen) atoms. The molecule has 1 saturated heterocycles. The molecule has 0 bridgehead atoms. The molecule has 3 heterocycles. The number of aromatic amines is 1. The van der Waals surface area contributed by atoms with Crippen LogP contribution < -0.4 is 10.2 Å². The van der Waals surface area contributed by atoms with Gasteiger partial charge >= 0.3 is 0 Å². The number of amides is 1. The number of hydrogen-bond acceptors (Lipinski definition) is 6. The second kappa shape index (κ2) is 7.18. The molecule has 0 aliphatic carbocycles. The average molecular weight is 344 g/mol. The van der Waals surface area contributed by atoms with Crippen molar-refractivity contribution in [2.45, 2.75) is 38.7 Å². The zero-order chi connectivity index (χ0) is 17.9. The maximum Gasteiger partial charge on any atom is 0.220 e. The summed E-state index contributed by atoms with van der Waals surface area (Å²) < 4.78 is 0. The first kappa shape index (κ1) is 17.3. The summed E-state index contributed by atoms with van der Waals surface area (Å²) in [5, 5.41) is 20.6. The van der Waals surface area contributed by atoms with Crippen molar-refractivity contribution in [2.75, 3.05) is 24.5 Å². The Balaban J connectivity index is 1.47. The molecule has 0 saturated carbocycles. The Kier molecular flexibility index (Phi) is 4.98. The van der Waals surface area contributed by atoms with Gasteiger partial charge < -0.3 is 15.3 Å². The lowest BCUT2D eigenvalue weighted by molar-refractivity contribution is -0.122. The Labute approximate surface area is 146 Å². The summed E-state index contributed by atoms with van der Waals surface area (Å²) in [5.74, 6) is 0.682. The molecule has 0 unspecified atom stereocenters. The van der Waals surface area contributed by atoms with E-state index in [0.29, 0.717) is 32.4 Å². The van der Waals surface area contributed by atoms with Crippen LogP contribution in [0, 0.1) is 13.8 Å². The SMILES string of the molecule is Cc1n[nH]c(C)c1CCC(=O)NC[C@]1(O)CCN(c2cnccn2)C1. The van der Waals surface area contributed by atoms with Crippen LogP contribution in [0.4, 0.5) is 5.82 Å². The number of H-pyrrole nitrogens is 1. The van der Waals surface area contributed by atoms with E-state index in [1.165, 1.54) is 0 Å². The van der Waals surface area contributed by atoms with E-state index in [-0.39, 0.29) is 12.5 Å². The molecular formula is C17H24N6O2. The molecule has 8 heteroatoms. The number of carbonyl (C=O) groups excluding carboxylic acids is 1. The van der Waals surface area contributed by atoms with E-state index in [0.717, 1.165) is 22.8 Å². The molecule has 2 aromatic rings. The van der Waals surface area contributed by atoms with Crippen molar-refractivity contribution in [2.24, 2.45) is 0 Å². The molecule has 0 radical (unpaired) electrons. The number of rotatable bonds is 6. The Morgan fingerprint density at radius 3 is 2.96 bits per heavy atom. The highest BCUT2D eigenvalue weighted by atomic mass is 16.3. The molecule has 2 aromatic heterocycles. The van der Waals surface area contributed by atoms with Gasteiger partial charge in [-0.1, -0.05) is 0 Å². The first-order valence-electron chi connectivity index (χ1n) is 8.47. The van der Waals surface area contributed by atoms with Crippen molar-refractivity contribution < 1.29 is 9.90 Å². The fraction of sp³-hybridized carbons (Fsp3) is 0.529. The van der Waals surface area contributed by atoms with Crippen LogP contribution in [-0.4, -0.2) is 56.4 Å². The molecule has 1 aliphatic heterocycles. The van der Waals surface area contributed by atoms with Crippen LogP contribution in [0.15, 0.2) is 18.6 Å². The Morgan fingerprint density at radius 2 is 2.28 bits per heavy atom. The monoisotopic (exact) mass is 344 g/mol. The van der Waals surface area contributed by atoms with Crippen molar-refractivity contribution in [1.29, 1.82) is 0 Å². The third-order valence-electron chi connectivity index (χ3n) is 4.70. The number of β-amino-alcohol motifs (C(OH)–C–C–N with tert-alkyl or cyclic N) is 1. The number of aromatic nitrogens is 4. The standard InChI is InChI=1S/C17H24N6O2/c1-12-14(13(2)22-21-12)3-4-16(24)20-10-17(25)5-8-23(11-17)15-9-18-6-7-19-15/h6-7,9,25H,3-5,8,10-11H2,1-2H3,(H,20,24)(H,21,22)/t17-/m1/s1. The average Bonchev–Trinajstić information content (AvgIpc) is 3.16. The molecule has 8 nitrogen and oxygen atoms in total. The summed E-state index contributed by atoms with van der Waals surface area (Å²) in [4.78, 5) is 22.4. The predicted molar refractivity (Wildman–Crippen MR) is 93.2 cm³/mol. The Bertz CT molecular complexity index is 712. The lowest BCUT2D eigenvalue weighted by atomic mass is 10.0. The quantitative estimate of drug-likeness (QED) is 0.705. The van der Waals surface area contributed by atoms with E-state index in [4.69, 9.17) is 0 Å². The molecule has 1 atom stereocenters. The van der Waals surface area contributed by atoms with E-state index in [2.05, 4.69) is 25.5 Å². The summed E-state index contributed by atoms with van der Waals surface area (Å²) in [7, 11) is 0. The van der Waals surface area contributed by atoms with Crippen LogP contribution in [0.2, 0.25) is 0 Å². The van der Waals surface area contributed by atoms with E-state index in [9.17, 15) is 9.90 Å². The van der Waals surface area contributed by atoms with Gasteiger partial charge in [0.15, 0.2) is 0 Å². The molecular weight excluding hydrogens is 320 g/mol. The molecule has 0 aromatic carbocycles.